The van der Waals surface area contributed by atoms with Crippen LogP contribution in [-0.4, -0.2) is 64.3 Å². The predicted molar refractivity (Wildman–Crippen MR) is 141 cm³/mol. The van der Waals surface area contributed by atoms with Crippen molar-refractivity contribution in [2.75, 3.05) is 20.3 Å². The lowest BCUT2D eigenvalue weighted by Gasteiger charge is -2.40. The largest absolute Gasteiger partial charge is 0.409 e. The maximum Gasteiger partial charge on any atom is 0.192 e. The summed E-state index contributed by atoms with van der Waals surface area (Å²) >= 11 is 0. The summed E-state index contributed by atoms with van der Waals surface area (Å²) in [4.78, 5) is 0. The van der Waals surface area contributed by atoms with Crippen LogP contribution in [0.15, 0.2) is 54.1 Å². The van der Waals surface area contributed by atoms with Crippen molar-refractivity contribution in [1.82, 2.24) is 0 Å². The Labute approximate surface area is 212 Å². The third kappa shape index (κ3) is 6.52. The van der Waals surface area contributed by atoms with Crippen molar-refractivity contribution in [3.05, 3.63) is 59.7 Å². The Bertz CT molecular complexity index is 816. The van der Waals surface area contributed by atoms with Crippen LogP contribution in [0.1, 0.15) is 46.5 Å². The fourth-order valence-electron chi connectivity index (χ4n) is 5.41. The number of allylic oxidation sites excluding steroid dienone is 2. The summed E-state index contributed by atoms with van der Waals surface area (Å²) in [6, 6.07) is 13.3. The predicted octanol–water partition coefficient (Wildman–Crippen LogP) is 5.40. The summed E-state index contributed by atoms with van der Waals surface area (Å²) in [7, 11) is -0.205. The fraction of sp³-hybridized carbons (Fsp3) is 0.643. The summed E-state index contributed by atoms with van der Waals surface area (Å²) in [6.07, 6.45) is 4.24. The zero-order valence-electron chi connectivity index (χ0n) is 22.2. The number of hydrogen-bond acceptors (Lipinski definition) is 6. The molecule has 0 aliphatic carbocycles. The van der Waals surface area contributed by atoms with E-state index in [9.17, 15) is 0 Å². The van der Waals surface area contributed by atoms with Crippen molar-refractivity contribution >= 4 is 8.32 Å². The van der Waals surface area contributed by atoms with E-state index < -0.39 is 14.6 Å². The molecule has 3 rings (SSSR count). The number of aliphatic hydroxyl groups is 1. The molecule has 1 aromatic rings. The van der Waals surface area contributed by atoms with Crippen LogP contribution < -0.4 is 0 Å². The molecule has 6 nitrogen and oxygen atoms in total. The van der Waals surface area contributed by atoms with Gasteiger partial charge in [0.05, 0.1) is 25.4 Å². The zero-order chi connectivity index (χ0) is 25.4. The second-order valence-corrected chi connectivity index (χ2v) is 14.4. The highest BCUT2D eigenvalue weighted by Gasteiger charge is 2.54. The summed E-state index contributed by atoms with van der Waals surface area (Å²) in [5.41, 5.74) is 2.08. The summed E-state index contributed by atoms with van der Waals surface area (Å²) in [6.45, 7) is 11.5. The lowest BCUT2D eigenvalue weighted by molar-refractivity contribution is -0.251. The molecule has 0 amide bonds. The second-order valence-electron chi connectivity index (χ2n) is 9.68. The highest BCUT2D eigenvalue weighted by molar-refractivity contribution is 6.73. The van der Waals surface area contributed by atoms with E-state index in [2.05, 4.69) is 34.6 Å². The first-order valence-corrected chi connectivity index (χ1v) is 15.6. The van der Waals surface area contributed by atoms with Crippen molar-refractivity contribution in [3.63, 3.8) is 0 Å². The highest BCUT2D eigenvalue weighted by Crippen LogP contribution is 2.42. The van der Waals surface area contributed by atoms with Crippen LogP contribution in [0, 0.1) is 5.92 Å². The Morgan fingerprint density at radius 3 is 2.43 bits per heavy atom. The molecule has 2 aliphatic rings. The van der Waals surface area contributed by atoms with Gasteiger partial charge in [0.2, 0.25) is 0 Å². The third-order valence-electron chi connectivity index (χ3n) is 7.73. The van der Waals surface area contributed by atoms with Gasteiger partial charge in [-0.15, -0.1) is 0 Å². The summed E-state index contributed by atoms with van der Waals surface area (Å²) in [5.74, 6) is 0.0328. The van der Waals surface area contributed by atoms with E-state index in [1.54, 1.807) is 13.2 Å². The van der Waals surface area contributed by atoms with Crippen molar-refractivity contribution in [3.8, 4) is 0 Å². The Hall–Kier alpha value is -1.32. The maximum atomic E-state index is 9.09. The van der Waals surface area contributed by atoms with E-state index in [4.69, 9.17) is 28.5 Å². The second kappa shape index (κ2) is 13.3. The molecule has 7 heteroatoms. The first-order chi connectivity index (χ1) is 16.9. The van der Waals surface area contributed by atoms with Crippen molar-refractivity contribution in [1.29, 1.82) is 0 Å². The molecule has 196 valence electrons. The van der Waals surface area contributed by atoms with Crippen LogP contribution >= 0.6 is 0 Å². The molecule has 2 saturated heterocycles. The number of hydrogen-bond donors (Lipinski definition) is 1. The molecule has 0 unspecified atom stereocenters. The molecule has 35 heavy (non-hydrogen) atoms. The van der Waals surface area contributed by atoms with Crippen LogP contribution in [0.5, 0.6) is 0 Å². The molecule has 2 fully saturated rings. The number of fused-ring (bicyclic) bond motifs is 1. The summed E-state index contributed by atoms with van der Waals surface area (Å²) in [5, 5.41) is 9.09. The quantitative estimate of drug-likeness (QED) is 0.304. The molecule has 1 N–H and O–H groups in total. The molecule has 0 saturated carbocycles. The van der Waals surface area contributed by atoms with Gasteiger partial charge in [-0.3, -0.25) is 0 Å². The first-order valence-electron chi connectivity index (χ1n) is 13.1. The summed E-state index contributed by atoms with van der Waals surface area (Å²) < 4.78 is 32.4. The normalized spacial score (nSPS) is 29.3. The van der Waals surface area contributed by atoms with Gasteiger partial charge in [0.15, 0.2) is 14.6 Å². The molecule has 1 aromatic carbocycles. The van der Waals surface area contributed by atoms with E-state index in [1.165, 1.54) is 0 Å². The van der Waals surface area contributed by atoms with Gasteiger partial charge >= 0.3 is 0 Å². The SMILES string of the molecule is CC[Si](CC)(CC)O[C@H]1[C@H]2O[C@@H](c3ccccc3)OC[C@H]2O[C@H]1[C@H](C)[C@H](OC)/C(C)=C/C=C/CO. The zero-order valence-corrected chi connectivity index (χ0v) is 23.2. The Kier molecular flexibility index (Phi) is 10.7. The molecular formula is C28H44O6Si. The van der Waals surface area contributed by atoms with Gasteiger partial charge in [-0.2, -0.15) is 0 Å². The maximum absolute atomic E-state index is 9.09. The number of ether oxygens (including phenoxy) is 4. The fourth-order valence-corrected chi connectivity index (χ4v) is 8.26. The lowest BCUT2D eigenvalue weighted by Crippen LogP contribution is -2.51. The molecule has 2 heterocycles. The van der Waals surface area contributed by atoms with Crippen molar-refractivity contribution in [2.45, 2.75) is 89.6 Å². The molecule has 0 bridgehead atoms. The third-order valence-corrected chi connectivity index (χ3v) is 12.4. The molecule has 7 atom stereocenters. The van der Waals surface area contributed by atoms with Gasteiger partial charge in [-0.1, -0.05) is 76.3 Å². The van der Waals surface area contributed by atoms with Gasteiger partial charge in [-0.25, -0.2) is 0 Å². The van der Waals surface area contributed by atoms with Crippen LogP contribution in [0.3, 0.4) is 0 Å². The Morgan fingerprint density at radius 1 is 1.14 bits per heavy atom. The standard InChI is InChI=1S/C28H44O6Si/c1-7-35(8-2,9-3)34-27-25(21(5)24(30-6)20(4)15-13-14-18-29)32-23-19-31-28(33-26(23)27)22-16-11-10-12-17-22/h10-17,21,23-29H,7-9,18-19H2,1-6H3/b14-13+,20-15+/t21-,23-,24-,25+,26+,27-,28+/m1/s1. The van der Waals surface area contributed by atoms with Gasteiger partial charge in [0, 0.05) is 18.6 Å². The van der Waals surface area contributed by atoms with Crippen molar-refractivity contribution < 1.29 is 28.5 Å². The first kappa shape index (κ1) is 28.3. The van der Waals surface area contributed by atoms with Gasteiger partial charge in [0.25, 0.3) is 0 Å². The molecule has 0 spiro atoms. The minimum atomic E-state index is -1.94. The van der Waals surface area contributed by atoms with Gasteiger partial charge in [0.1, 0.15) is 18.3 Å². The number of rotatable bonds is 12. The van der Waals surface area contributed by atoms with Crippen molar-refractivity contribution in [2.24, 2.45) is 5.92 Å². The van der Waals surface area contributed by atoms with E-state index >= 15 is 0 Å². The van der Waals surface area contributed by atoms with E-state index in [-0.39, 0.29) is 43.0 Å². The number of methoxy groups -OCH3 is 1. The Balaban J connectivity index is 1.90. The van der Waals surface area contributed by atoms with Gasteiger partial charge < -0.3 is 28.5 Å². The smallest absolute Gasteiger partial charge is 0.192 e. The topological polar surface area (TPSA) is 66.4 Å². The monoisotopic (exact) mass is 504 g/mol. The van der Waals surface area contributed by atoms with E-state index in [0.717, 1.165) is 29.3 Å². The number of benzene rings is 1. The average Bonchev–Trinajstić information content (AvgIpc) is 3.25. The minimum Gasteiger partial charge on any atom is -0.409 e. The van der Waals surface area contributed by atoms with E-state index in [0.29, 0.717) is 6.61 Å². The molecular weight excluding hydrogens is 460 g/mol. The lowest BCUT2D eigenvalue weighted by atomic mass is 9.89. The minimum absolute atomic E-state index is 0.0136. The molecule has 0 aromatic heterocycles. The highest BCUT2D eigenvalue weighted by atomic mass is 28.4. The molecule has 0 radical (unpaired) electrons. The molecule has 2 aliphatic heterocycles. The average molecular weight is 505 g/mol. The van der Waals surface area contributed by atoms with Crippen LogP contribution in [0.2, 0.25) is 18.1 Å². The van der Waals surface area contributed by atoms with Crippen LogP contribution in [-0.2, 0) is 23.4 Å². The van der Waals surface area contributed by atoms with Gasteiger partial charge in [-0.05, 0) is 30.6 Å². The number of aliphatic hydroxyl groups excluding tert-OH is 1. The van der Waals surface area contributed by atoms with Crippen LogP contribution in [0.25, 0.3) is 0 Å². The van der Waals surface area contributed by atoms with Crippen LogP contribution in [0.4, 0.5) is 0 Å². The van der Waals surface area contributed by atoms with E-state index in [1.807, 2.05) is 42.5 Å². The Morgan fingerprint density at radius 2 is 1.83 bits per heavy atom.